The molecule has 216 valence electrons. The summed E-state index contributed by atoms with van der Waals surface area (Å²) in [4.78, 5) is 17.6. The van der Waals surface area contributed by atoms with Gasteiger partial charge in [-0.05, 0) is 42.8 Å². The van der Waals surface area contributed by atoms with Crippen LogP contribution in [0.5, 0.6) is 0 Å². The van der Waals surface area contributed by atoms with Gasteiger partial charge in [-0.1, -0.05) is 115 Å². The molecule has 2 atom stereocenters. The van der Waals surface area contributed by atoms with Gasteiger partial charge in [0, 0.05) is 39.2 Å². The molecule has 0 spiro atoms. The fraction of sp³-hybridized carbons (Fsp3) is 0.0750. The van der Waals surface area contributed by atoms with E-state index < -0.39 is 0 Å². The number of fused-ring (bicyclic) bond motifs is 4. The van der Waals surface area contributed by atoms with Crippen LogP contribution in [0.15, 0.2) is 152 Å². The highest BCUT2D eigenvalue weighted by molar-refractivity contribution is 6.11. The van der Waals surface area contributed by atoms with Crippen LogP contribution in [-0.2, 0) is 0 Å². The number of rotatable bonds is 6. The van der Waals surface area contributed by atoms with Gasteiger partial charge in [0.15, 0.2) is 11.6 Å². The first-order valence-corrected chi connectivity index (χ1v) is 15.3. The van der Waals surface area contributed by atoms with Gasteiger partial charge in [0.2, 0.25) is 5.95 Å². The molecule has 0 fully saturated rings. The minimum absolute atomic E-state index is 0.0800. The summed E-state index contributed by atoms with van der Waals surface area (Å²) >= 11 is 0. The van der Waals surface area contributed by atoms with Crippen molar-refractivity contribution < 1.29 is 0 Å². The van der Waals surface area contributed by atoms with Gasteiger partial charge in [-0.2, -0.15) is 9.97 Å². The van der Waals surface area contributed by atoms with Crippen molar-refractivity contribution >= 4 is 33.2 Å². The molecule has 3 heterocycles. The molecule has 1 aliphatic heterocycles. The number of hydrogen-bond acceptors (Lipinski definition) is 4. The quantitative estimate of drug-likeness (QED) is 0.183. The van der Waals surface area contributed by atoms with Crippen LogP contribution in [0, 0.1) is 0 Å². The van der Waals surface area contributed by atoms with Gasteiger partial charge in [-0.25, -0.2) is 4.98 Å². The predicted molar refractivity (Wildman–Crippen MR) is 185 cm³/mol. The van der Waals surface area contributed by atoms with Gasteiger partial charge >= 0.3 is 0 Å². The Kier molecular flexibility index (Phi) is 6.57. The van der Waals surface area contributed by atoms with E-state index in [0.29, 0.717) is 17.6 Å². The minimum atomic E-state index is 0.0800. The molecule has 5 heteroatoms. The largest absolute Gasteiger partial charge is 0.333 e. The smallest absolute Gasteiger partial charge is 0.238 e. The van der Waals surface area contributed by atoms with Crippen molar-refractivity contribution in [3.63, 3.8) is 0 Å². The first kappa shape index (κ1) is 26.8. The van der Waals surface area contributed by atoms with Crippen LogP contribution in [0.25, 0.3) is 50.5 Å². The highest BCUT2D eigenvalue weighted by atomic mass is 15.2. The van der Waals surface area contributed by atoms with E-state index >= 15 is 0 Å². The molecular weight excluding hydrogens is 550 g/mol. The molecule has 5 nitrogen and oxygen atoms in total. The molecule has 2 unspecified atom stereocenters. The van der Waals surface area contributed by atoms with Crippen molar-refractivity contribution in [2.24, 2.45) is 0 Å². The SMILES string of the molecule is C=CC1C(/C=C\C)c2cc3c4ccccc4n(-c4nc(-c5ccccc5)nc(-c5ccccc5)n4)c3cc2N1c1ccccc1. The summed E-state index contributed by atoms with van der Waals surface area (Å²) in [6, 6.07) is 44.1. The molecule has 0 saturated carbocycles. The fourth-order valence-corrected chi connectivity index (χ4v) is 6.69. The maximum absolute atomic E-state index is 5.12. The van der Waals surface area contributed by atoms with E-state index in [9.17, 15) is 0 Å². The highest BCUT2D eigenvalue weighted by Crippen LogP contribution is 2.49. The van der Waals surface area contributed by atoms with E-state index in [1.54, 1.807) is 0 Å². The van der Waals surface area contributed by atoms with Gasteiger partial charge in [0.25, 0.3) is 0 Å². The lowest BCUT2D eigenvalue weighted by Crippen LogP contribution is -2.27. The molecule has 0 amide bonds. The Bertz CT molecular complexity index is 2140. The molecular formula is C40H31N5. The fourth-order valence-electron chi connectivity index (χ4n) is 6.69. The van der Waals surface area contributed by atoms with Crippen molar-refractivity contribution in [3.05, 3.63) is 158 Å². The Balaban J connectivity index is 1.44. The number of nitrogens with zero attached hydrogens (tertiary/aromatic N) is 5. The third-order valence-corrected chi connectivity index (χ3v) is 8.67. The summed E-state index contributed by atoms with van der Waals surface area (Å²) < 4.78 is 2.20. The Morgan fingerprint density at radius 1 is 0.644 bits per heavy atom. The first-order chi connectivity index (χ1) is 22.2. The van der Waals surface area contributed by atoms with Gasteiger partial charge in [0.05, 0.1) is 17.1 Å². The lowest BCUT2D eigenvalue weighted by molar-refractivity contribution is 0.753. The third kappa shape index (κ3) is 4.44. The molecule has 5 aromatic carbocycles. The van der Waals surface area contributed by atoms with Crippen LogP contribution in [-0.4, -0.2) is 25.6 Å². The van der Waals surface area contributed by atoms with Crippen molar-refractivity contribution in [1.82, 2.24) is 19.5 Å². The van der Waals surface area contributed by atoms with E-state index in [4.69, 9.17) is 15.0 Å². The molecule has 1 aliphatic rings. The number of anilines is 2. The zero-order valence-electron chi connectivity index (χ0n) is 25.0. The topological polar surface area (TPSA) is 46.8 Å². The van der Waals surface area contributed by atoms with Crippen LogP contribution in [0.3, 0.4) is 0 Å². The lowest BCUT2D eigenvalue weighted by Gasteiger charge is -2.27. The van der Waals surface area contributed by atoms with Crippen LogP contribution >= 0.6 is 0 Å². The molecule has 0 radical (unpaired) electrons. The van der Waals surface area contributed by atoms with E-state index in [-0.39, 0.29) is 12.0 Å². The van der Waals surface area contributed by atoms with Crippen LogP contribution in [0.4, 0.5) is 11.4 Å². The Labute approximate surface area is 262 Å². The maximum Gasteiger partial charge on any atom is 0.238 e. The van der Waals surface area contributed by atoms with Gasteiger partial charge in [-0.15, -0.1) is 6.58 Å². The second kappa shape index (κ2) is 11.0. The predicted octanol–water partition coefficient (Wildman–Crippen LogP) is 9.67. The van der Waals surface area contributed by atoms with Crippen LogP contribution in [0.1, 0.15) is 18.4 Å². The molecule has 0 N–H and O–H groups in total. The zero-order valence-corrected chi connectivity index (χ0v) is 25.0. The normalized spacial score (nSPS) is 16.1. The molecule has 0 saturated heterocycles. The second-order valence-corrected chi connectivity index (χ2v) is 11.3. The average molecular weight is 582 g/mol. The van der Waals surface area contributed by atoms with E-state index in [2.05, 4.69) is 108 Å². The molecule has 2 aromatic heterocycles. The Morgan fingerprint density at radius 2 is 1.24 bits per heavy atom. The number of aromatic nitrogens is 4. The van der Waals surface area contributed by atoms with Gasteiger partial charge in [0.1, 0.15) is 0 Å². The summed E-state index contributed by atoms with van der Waals surface area (Å²) in [5.74, 6) is 2.03. The molecule has 7 aromatic rings. The summed E-state index contributed by atoms with van der Waals surface area (Å²) in [5.41, 5.74) is 7.56. The van der Waals surface area contributed by atoms with Crippen molar-refractivity contribution in [1.29, 1.82) is 0 Å². The molecule has 0 aliphatic carbocycles. The monoisotopic (exact) mass is 581 g/mol. The highest BCUT2D eigenvalue weighted by Gasteiger charge is 2.37. The van der Waals surface area contributed by atoms with Crippen molar-refractivity contribution in [2.75, 3.05) is 4.90 Å². The summed E-state index contributed by atoms with van der Waals surface area (Å²) in [7, 11) is 0. The van der Waals surface area contributed by atoms with E-state index in [1.165, 1.54) is 10.9 Å². The molecule has 45 heavy (non-hydrogen) atoms. The second-order valence-electron chi connectivity index (χ2n) is 11.3. The number of benzene rings is 5. The first-order valence-electron chi connectivity index (χ1n) is 15.3. The molecule has 8 rings (SSSR count). The minimum Gasteiger partial charge on any atom is -0.333 e. The van der Waals surface area contributed by atoms with Crippen molar-refractivity contribution in [3.8, 4) is 28.7 Å². The molecule has 0 bridgehead atoms. The van der Waals surface area contributed by atoms with Gasteiger partial charge < -0.3 is 4.90 Å². The summed E-state index contributed by atoms with van der Waals surface area (Å²) in [6.07, 6.45) is 6.51. The van der Waals surface area contributed by atoms with Crippen LogP contribution < -0.4 is 4.90 Å². The number of allylic oxidation sites excluding steroid dienone is 1. The Morgan fingerprint density at radius 3 is 1.87 bits per heavy atom. The summed E-state index contributed by atoms with van der Waals surface area (Å²) in [5, 5.41) is 2.32. The number of hydrogen-bond donors (Lipinski definition) is 0. The average Bonchev–Trinajstić information content (AvgIpc) is 3.60. The van der Waals surface area contributed by atoms with E-state index in [1.807, 2.05) is 60.7 Å². The maximum atomic E-state index is 5.12. The Hall–Kier alpha value is -5.81. The van der Waals surface area contributed by atoms with Gasteiger partial charge in [-0.3, -0.25) is 4.57 Å². The third-order valence-electron chi connectivity index (χ3n) is 8.67. The summed E-state index contributed by atoms with van der Waals surface area (Å²) in [6.45, 7) is 6.36. The van der Waals surface area contributed by atoms with Crippen LogP contribution in [0.2, 0.25) is 0 Å². The van der Waals surface area contributed by atoms with E-state index in [0.717, 1.165) is 38.9 Å². The standard InChI is InChI=1S/C40H31N5/c1-3-16-30-32-25-33-31-23-14-15-24-35(31)45(37(33)26-36(32)44(34(30)4-2)29-21-12-7-13-22-29)40-42-38(27-17-8-5-9-18-27)41-39(43-40)28-19-10-6-11-20-28/h3-26,30,34H,2H2,1H3/b16-3-. The zero-order chi connectivity index (χ0) is 30.3. The van der Waals surface area contributed by atoms with Crippen molar-refractivity contribution in [2.45, 2.75) is 18.9 Å². The number of para-hydroxylation sites is 2. The lowest BCUT2D eigenvalue weighted by atomic mass is 9.93.